The Kier molecular flexibility index (Phi) is 4.22. The first kappa shape index (κ1) is 12.3. The first-order valence-corrected chi connectivity index (χ1v) is 6.85. The zero-order valence-corrected chi connectivity index (χ0v) is 10.4. The summed E-state index contributed by atoms with van der Waals surface area (Å²) < 4.78 is 0. The van der Waals surface area contributed by atoms with Gasteiger partial charge in [0, 0.05) is 25.2 Å². The first-order valence-electron chi connectivity index (χ1n) is 6.85. The fraction of sp³-hybridized carbons (Fsp3) is 1.00. The molecule has 2 rings (SSSR count). The molecule has 0 heterocycles. The molecule has 0 bridgehead atoms. The van der Waals surface area contributed by atoms with E-state index in [1.165, 1.54) is 25.7 Å². The van der Waals surface area contributed by atoms with E-state index in [-0.39, 0.29) is 18.7 Å². The lowest BCUT2D eigenvalue weighted by molar-refractivity contribution is 0.0940. The third kappa shape index (κ3) is 3.44. The van der Waals surface area contributed by atoms with Crippen LogP contribution in [-0.4, -0.2) is 41.8 Å². The number of aliphatic hydroxyl groups excluding tert-OH is 1. The molecule has 2 aliphatic carbocycles. The molecule has 2 atom stereocenters. The Morgan fingerprint density at radius 3 is 2.00 bits per heavy atom. The van der Waals surface area contributed by atoms with Crippen molar-refractivity contribution in [2.75, 3.05) is 19.7 Å². The topological polar surface area (TPSA) is 49.5 Å². The fourth-order valence-corrected chi connectivity index (χ4v) is 2.40. The second kappa shape index (κ2) is 5.48. The van der Waals surface area contributed by atoms with Crippen LogP contribution in [0.3, 0.4) is 0 Å². The number of aliphatic hydroxyl groups is 1. The molecule has 0 amide bonds. The molecule has 2 fully saturated rings. The van der Waals surface area contributed by atoms with Gasteiger partial charge in [-0.2, -0.15) is 0 Å². The molecule has 94 valence electrons. The maximum Gasteiger partial charge on any atom is 0.0601 e. The van der Waals surface area contributed by atoms with Crippen molar-refractivity contribution in [1.29, 1.82) is 0 Å². The highest BCUT2D eigenvalue weighted by Crippen LogP contribution is 2.34. The van der Waals surface area contributed by atoms with Crippen molar-refractivity contribution in [1.82, 2.24) is 4.90 Å². The number of nitrogens with zero attached hydrogens (tertiary/aromatic N) is 1. The molecule has 2 unspecified atom stereocenters. The minimum absolute atomic E-state index is 0.127. The van der Waals surface area contributed by atoms with Crippen molar-refractivity contribution in [2.24, 2.45) is 17.6 Å². The fourth-order valence-electron chi connectivity index (χ4n) is 2.40. The largest absolute Gasteiger partial charge is 0.395 e. The molecule has 0 spiro atoms. The van der Waals surface area contributed by atoms with E-state index in [4.69, 9.17) is 5.73 Å². The molecule has 16 heavy (non-hydrogen) atoms. The maximum absolute atomic E-state index is 9.54. The normalized spacial score (nSPS) is 24.8. The summed E-state index contributed by atoms with van der Waals surface area (Å²) in [5.41, 5.74) is 6.12. The van der Waals surface area contributed by atoms with Crippen molar-refractivity contribution in [3.8, 4) is 0 Å². The minimum atomic E-state index is 0.127. The highest BCUT2D eigenvalue weighted by atomic mass is 16.3. The van der Waals surface area contributed by atoms with Crippen molar-refractivity contribution in [2.45, 2.75) is 51.1 Å². The first-order chi connectivity index (χ1) is 7.74. The summed E-state index contributed by atoms with van der Waals surface area (Å²) in [6.07, 6.45) is 6.46. The SMILES string of the molecule is CCC(N)C(CO)N(CC1CC1)CC1CC1. The van der Waals surface area contributed by atoms with Crippen LogP contribution >= 0.6 is 0 Å². The van der Waals surface area contributed by atoms with Crippen molar-refractivity contribution in [3.63, 3.8) is 0 Å². The molecule has 3 nitrogen and oxygen atoms in total. The molecule has 2 aliphatic rings. The van der Waals surface area contributed by atoms with E-state index in [0.29, 0.717) is 0 Å². The summed E-state index contributed by atoms with van der Waals surface area (Å²) in [5, 5.41) is 9.54. The van der Waals surface area contributed by atoms with Crippen LogP contribution in [0.15, 0.2) is 0 Å². The Morgan fingerprint density at radius 1 is 1.19 bits per heavy atom. The molecule has 0 aromatic rings. The summed E-state index contributed by atoms with van der Waals surface area (Å²) in [7, 11) is 0. The average molecular weight is 226 g/mol. The van der Waals surface area contributed by atoms with Crippen molar-refractivity contribution in [3.05, 3.63) is 0 Å². The van der Waals surface area contributed by atoms with E-state index in [9.17, 15) is 5.11 Å². The Labute approximate surface area is 99.0 Å². The van der Waals surface area contributed by atoms with Crippen LogP contribution in [0.5, 0.6) is 0 Å². The predicted octanol–water partition coefficient (Wildman–Crippen LogP) is 1.21. The Bertz CT molecular complexity index is 200. The summed E-state index contributed by atoms with van der Waals surface area (Å²) in [5.74, 6) is 1.77. The van der Waals surface area contributed by atoms with E-state index in [0.717, 1.165) is 31.3 Å². The zero-order valence-electron chi connectivity index (χ0n) is 10.4. The van der Waals surface area contributed by atoms with Crippen LogP contribution in [-0.2, 0) is 0 Å². The molecular formula is C13H26N2O. The van der Waals surface area contributed by atoms with Gasteiger partial charge in [-0.15, -0.1) is 0 Å². The Hall–Kier alpha value is -0.120. The smallest absolute Gasteiger partial charge is 0.0601 e. The third-order valence-corrected chi connectivity index (χ3v) is 4.00. The van der Waals surface area contributed by atoms with Crippen molar-refractivity contribution < 1.29 is 5.11 Å². The quantitative estimate of drug-likeness (QED) is 0.654. The number of hydrogen-bond donors (Lipinski definition) is 2. The van der Waals surface area contributed by atoms with Gasteiger partial charge in [-0.1, -0.05) is 6.92 Å². The van der Waals surface area contributed by atoms with Crippen LogP contribution in [0.4, 0.5) is 0 Å². The monoisotopic (exact) mass is 226 g/mol. The van der Waals surface area contributed by atoms with Crippen LogP contribution in [0, 0.1) is 11.8 Å². The van der Waals surface area contributed by atoms with Crippen LogP contribution in [0.1, 0.15) is 39.0 Å². The van der Waals surface area contributed by atoms with Gasteiger partial charge in [0.15, 0.2) is 0 Å². The number of rotatable bonds is 8. The van der Waals surface area contributed by atoms with E-state index in [2.05, 4.69) is 11.8 Å². The highest BCUT2D eigenvalue weighted by Gasteiger charge is 2.33. The average Bonchev–Trinajstić information content (AvgIpc) is 3.13. The second-order valence-electron chi connectivity index (χ2n) is 5.66. The van der Waals surface area contributed by atoms with E-state index in [1.807, 2.05) is 0 Å². The molecule has 0 aliphatic heterocycles. The van der Waals surface area contributed by atoms with Gasteiger partial charge in [-0.25, -0.2) is 0 Å². The van der Waals surface area contributed by atoms with Gasteiger partial charge < -0.3 is 10.8 Å². The minimum Gasteiger partial charge on any atom is -0.395 e. The third-order valence-electron chi connectivity index (χ3n) is 4.00. The molecule has 3 heteroatoms. The van der Waals surface area contributed by atoms with Crippen LogP contribution < -0.4 is 5.73 Å². The zero-order chi connectivity index (χ0) is 11.5. The Balaban J connectivity index is 1.89. The predicted molar refractivity (Wildman–Crippen MR) is 66.2 cm³/mol. The highest BCUT2D eigenvalue weighted by molar-refractivity contribution is 4.89. The standard InChI is InChI=1S/C13H26N2O/c1-2-12(14)13(9-16)15(7-10-3-4-10)8-11-5-6-11/h10-13,16H,2-9,14H2,1H3. The van der Waals surface area contributed by atoms with Gasteiger partial charge in [0.2, 0.25) is 0 Å². The Morgan fingerprint density at radius 2 is 1.69 bits per heavy atom. The maximum atomic E-state index is 9.54. The van der Waals surface area contributed by atoms with Gasteiger partial charge in [0.1, 0.15) is 0 Å². The number of hydrogen-bond acceptors (Lipinski definition) is 3. The van der Waals surface area contributed by atoms with Gasteiger partial charge >= 0.3 is 0 Å². The molecule has 0 aromatic carbocycles. The van der Waals surface area contributed by atoms with Crippen molar-refractivity contribution >= 4 is 0 Å². The van der Waals surface area contributed by atoms with Gasteiger partial charge in [-0.05, 0) is 43.9 Å². The van der Waals surface area contributed by atoms with Gasteiger partial charge in [0.25, 0.3) is 0 Å². The lowest BCUT2D eigenvalue weighted by Crippen LogP contribution is -2.51. The lowest BCUT2D eigenvalue weighted by atomic mass is 10.0. The van der Waals surface area contributed by atoms with Gasteiger partial charge in [-0.3, -0.25) is 4.90 Å². The van der Waals surface area contributed by atoms with Gasteiger partial charge in [0.05, 0.1) is 6.61 Å². The summed E-state index contributed by atoms with van der Waals surface area (Å²) in [4.78, 5) is 2.48. The molecule has 0 radical (unpaired) electrons. The molecule has 2 saturated carbocycles. The molecule has 3 N–H and O–H groups in total. The van der Waals surface area contributed by atoms with E-state index < -0.39 is 0 Å². The second-order valence-corrected chi connectivity index (χ2v) is 5.66. The van der Waals surface area contributed by atoms with E-state index in [1.54, 1.807) is 0 Å². The summed E-state index contributed by atoms with van der Waals surface area (Å²) in [6, 6.07) is 0.314. The van der Waals surface area contributed by atoms with E-state index >= 15 is 0 Å². The lowest BCUT2D eigenvalue weighted by Gasteiger charge is -2.34. The summed E-state index contributed by atoms with van der Waals surface area (Å²) in [6.45, 7) is 4.65. The molecule has 0 saturated heterocycles. The van der Waals surface area contributed by atoms with Crippen LogP contribution in [0.25, 0.3) is 0 Å². The summed E-state index contributed by atoms with van der Waals surface area (Å²) >= 11 is 0. The molecular weight excluding hydrogens is 200 g/mol. The van der Waals surface area contributed by atoms with Crippen LogP contribution in [0.2, 0.25) is 0 Å². The number of nitrogens with two attached hydrogens (primary N) is 1. The molecule has 0 aromatic heterocycles.